The zero-order valence-electron chi connectivity index (χ0n) is 21.9. The molecule has 8 nitrogen and oxygen atoms in total. The molecule has 0 aromatic heterocycles. The van der Waals surface area contributed by atoms with E-state index in [2.05, 4.69) is 23.1 Å². The Morgan fingerprint density at radius 3 is 2.31 bits per heavy atom. The predicted octanol–water partition coefficient (Wildman–Crippen LogP) is 3.96. The van der Waals surface area contributed by atoms with Crippen molar-refractivity contribution < 1.29 is 33.6 Å². The van der Waals surface area contributed by atoms with Crippen molar-refractivity contribution in [3.63, 3.8) is 0 Å². The third kappa shape index (κ3) is 7.04. The molecule has 2 aromatic rings. The van der Waals surface area contributed by atoms with Gasteiger partial charge in [-0.2, -0.15) is 0 Å². The minimum absolute atomic E-state index is 0.0454. The highest BCUT2D eigenvalue weighted by Crippen LogP contribution is 2.40. The molecule has 0 aliphatic carbocycles. The first-order chi connectivity index (χ1) is 17.5. The molecule has 1 atom stereocenters. The summed E-state index contributed by atoms with van der Waals surface area (Å²) < 4.78 is 27.5. The third-order valence-electron chi connectivity index (χ3n) is 6.66. The summed E-state index contributed by atoms with van der Waals surface area (Å²) >= 11 is 0. The average molecular weight is 502 g/mol. The zero-order valence-corrected chi connectivity index (χ0v) is 21.9. The van der Waals surface area contributed by atoms with Gasteiger partial charge in [0.25, 0.3) is 0 Å². The number of benzene rings is 2. The minimum atomic E-state index is -0.193. The van der Waals surface area contributed by atoms with Crippen molar-refractivity contribution in [3.05, 3.63) is 47.0 Å². The maximum atomic E-state index is 12.4. The molecule has 1 heterocycles. The second kappa shape index (κ2) is 13.9. The van der Waals surface area contributed by atoms with Crippen LogP contribution in [0.2, 0.25) is 0 Å². The maximum Gasteiger partial charge on any atom is 0.307 e. The molecule has 1 aliphatic heterocycles. The lowest BCUT2D eigenvalue weighted by Crippen LogP contribution is -2.38. The molecular weight excluding hydrogens is 462 g/mol. The Morgan fingerprint density at radius 2 is 1.61 bits per heavy atom. The van der Waals surface area contributed by atoms with Crippen molar-refractivity contribution >= 4 is 5.97 Å². The fourth-order valence-electron chi connectivity index (χ4n) is 4.70. The van der Waals surface area contributed by atoms with E-state index in [1.165, 1.54) is 11.1 Å². The summed E-state index contributed by atoms with van der Waals surface area (Å²) in [5.74, 6) is 2.60. The van der Waals surface area contributed by atoms with Crippen molar-refractivity contribution in [2.24, 2.45) is 0 Å². The molecule has 0 saturated heterocycles. The highest BCUT2D eigenvalue weighted by atomic mass is 16.5. The van der Waals surface area contributed by atoms with Gasteiger partial charge in [-0.1, -0.05) is 6.07 Å². The molecule has 0 radical (unpaired) electrons. The summed E-state index contributed by atoms with van der Waals surface area (Å²) in [6.45, 7) is 1.99. The molecule has 1 N–H and O–H groups in total. The monoisotopic (exact) mass is 501 g/mol. The number of fused-ring (bicyclic) bond motifs is 1. The van der Waals surface area contributed by atoms with E-state index in [-0.39, 0.29) is 18.6 Å². The Balaban J connectivity index is 1.80. The lowest BCUT2D eigenvalue weighted by Gasteiger charge is -2.38. The van der Waals surface area contributed by atoms with Crippen molar-refractivity contribution in [1.29, 1.82) is 0 Å². The van der Waals surface area contributed by atoms with E-state index in [0.29, 0.717) is 36.8 Å². The first-order valence-electron chi connectivity index (χ1n) is 12.5. The lowest BCUT2D eigenvalue weighted by atomic mass is 9.88. The summed E-state index contributed by atoms with van der Waals surface area (Å²) in [6, 6.07) is 10.1. The standard InChI is InChI=1S/C28H39NO7/c1-32-24-9-8-20(17-25(24)33-2)16-23-22-19-27(35-4)26(34-3)18-21(22)10-12-29(23)13-11-28(31)36-15-7-5-6-14-30/h8-9,17-19,23,30H,5-7,10-16H2,1-4H3/t23-/m1/s1. The number of rotatable bonds is 14. The summed E-state index contributed by atoms with van der Waals surface area (Å²) in [6.07, 6.45) is 4.27. The number of hydrogen-bond donors (Lipinski definition) is 1. The van der Waals surface area contributed by atoms with Crippen LogP contribution in [-0.4, -0.2) is 70.7 Å². The maximum absolute atomic E-state index is 12.4. The van der Waals surface area contributed by atoms with Gasteiger partial charge in [0.2, 0.25) is 0 Å². The van der Waals surface area contributed by atoms with E-state index in [1.54, 1.807) is 28.4 Å². The van der Waals surface area contributed by atoms with Gasteiger partial charge in [-0.15, -0.1) is 0 Å². The van der Waals surface area contributed by atoms with Gasteiger partial charge < -0.3 is 28.8 Å². The van der Waals surface area contributed by atoms with Crippen LogP contribution in [0, 0.1) is 0 Å². The highest BCUT2D eigenvalue weighted by molar-refractivity contribution is 5.69. The second-order valence-corrected chi connectivity index (χ2v) is 8.86. The van der Waals surface area contributed by atoms with Gasteiger partial charge in [0, 0.05) is 25.7 Å². The van der Waals surface area contributed by atoms with Crippen molar-refractivity contribution in [3.8, 4) is 23.0 Å². The van der Waals surface area contributed by atoms with Crippen molar-refractivity contribution in [1.82, 2.24) is 4.90 Å². The van der Waals surface area contributed by atoms with Gasteiger partial charge in [0.15, 0.2) is 23.0 Å². The first-order valence-corrected chi connectivity index (χ1v) is 12.5. The van der Waals surface area contributed by atoms with Crippen LogP contribution in [0.1, 0.15) is 48.4 Å². The van der Waals surface area contributed by atoms with Crippen LogP contribution >= 0.6 is 0 Å². The summed E-state index contributed by atoms with van der Waals surface area (Å²) in [5, 5.41) is 8.88. The van der Waals surface area contributed by atoms with Gasteiger partial charge >= 0.3 is 5.97 Å². The molecule has 0 amide bonds. The van der Waals surface area contributed by atoms with Crippen LogP contribution in [0.5, 0.6) is 23.0 Å². The number of nitrogens with zero attached hydrogens (tertiary/aromatic N) is 1. The molecule has 36 heavy (non-hydrogen) atoms. The van der Waals surface area contributed by atoms with Crippen LogP contribution in [-0.2, 0) is 22.4 Å². The Morgan fingerprint density at radius 1 is 0.917 bits per heavy atom. The van der Waals surface area contributed by atoms with E-state index in [0.717, 1.165) is 50.0 Å². The highest BCUT2D eigenvalue weighted by Gasteiger charge is 2.30. The Bertz CT molecular complexity index is 994. The number of carbonyl (C=O) groups excluding carboxylic acids is 1. The molecule has 1 aliphatic rings. The van der Waals surface area contributed by atoms with E-state index in [9.17, 15) is 4.79 Å². The topological polar surface area (TPSA) is 86.7 Å². The molecule has 0 spiro atoms. The normalized spacial score (nSPS) is 15.2. The molecular formula is C28H39NO7. The Kier molecular flexibility index (Phi) is 10.7. The smallest absolute Gasteiger partial charge is 0.307 e. The number of aliphatic hydroxyl groups excluding tert-OH is 1. The molecule has 0 saturated carbocycles. The summed E-state index contributed by atoms with van der Waals surface area (Å²) in [4.78, 5) is 14.7. The molecule has 0 unspecified atom stereocenters. The Hall–Kier alpha value is -2.97. The summed E-state index contributed by atoms with van der Waals surface area (Å²) in [7, 11) is 6.55. The van der Waals surface area contributed by atoms with Gasteiger partial charge in [-0.3, -0.25) is 9.69 Å². The molecule has 198 valence electrons. The van der Waals surface area contributed by atoms with Crippen LogP contribution in [0.3, 0.4) is 0 Å². The van der Waals surface area contributed by atoms with Crippen LogP contribution < -0.4 is 18.9 Å². The number of ether oxygens (including phenoxy) is 5. The van der Waals surface area contributed by atoms with E-state index in [4.69, 9.17) is 28.8 Å². The van der Waals surface area contributed by atoms with Gasteiger partial charge in [-0.25, -0.2) is 0 Å². The SMILES string of the molecule is COc1ccc(C[C@@H]2c3cc(OC)c(OC)cc3CCN2CCC(=O)OCCCCCO)cc1OC. The third-order valence-corrected chi connectivity index (χ3v) is 6.66. The average Bonchev–Trinajstić information content (AvgIpc) is 2.91. The second-order valence-electron chi connectivity index (χ2n) is 8.86. The number of carbonyl (C=O) groups is 1. The molecule has 0 fully saturated rings. The van der Waals surface area contributed by atoms with E-state index >= 15 is 0 Å². The van der Waals surface area contributed by atoms with Gasteiger partial charge in [0.1, 0.15) is 0 Å². The predicted molar refractivity (Wildman–Crippen MR) is 137 cm³/mol. The fourth-order valence-corrected chi connectivity index (χ4v) is 4.70. The van der Waals surface area contributed by atoms with Crippen molar-refractivity contribution in [2.45, 2.75) is 44.6 Å². The minimum Gasteiger partial charge on any atom is -0.493 e. The first kappa shape index (κ1) is 27.6. The number of esters is 1. The fraction of sp³-hybridized carbons (Fsp3) is 0.536. The van der Waals surface area contributed by atoms with E-state index in [1.807, 2.05) is 12.1 Å². The number of methoxy groups -OCH3 is 4. The number of hydrogen-bond acceptors (Lipinski definition) is 8. The zero-order chi connectivity index (χ0) is 25.9. The lowest BCUT2D eigenvalue weighted by molar-refractivity contribution is -0.144. The van der Waals surface area contributed by atoms with Gasteiger partial charge in [-0.05, 0) is 73.1 Å². The van der Waals surface area contributed by atoms with Crippen LogP contribution in [0.15, 0.2) is 30.3 Å². The molecule has 3 rings (SSSR count). The van der Waals surface area contributed by atoms with Gasteiger partial charge in [0.05, 0.1) is 41.5 Å². The summed E-state index contributed by atoms with van der Waals surface area (Å²) in [5.41, 5.74) is 3.50. The number of aliphatic hydroxyl groups is 1. The molecule has 2 aromatic carbocycles. The Labute approximate surface area is 214 Å². The van der Waals surface area contributed by atoms with E-state index < -0.39 is 0 Å². The molecule has 0 bridgehead atoms. The van der Waals surface area contributed by atoms with Crippen molar-refractivity contribution in [2.75, 3.05) is 54.7 Å². The molecule has 8 heteroatoms. The van der Waals surface area contributed by atoms with Crippen LogP contribution in [0.25, 0.3) is 0 Å². The quantitative estimate of drug-likeness (QED) is 0.308. The van der Waals surface area contributed by atoms with Crippen LogP contribution in [0.4, 0.5) is 0 Å². The largest absolute Gasteiger partial charge is 0.493 e. The number of unbranched alkanes of at least 4 members (excludes halogenated alkanes) is 2.